The lowest BCUT2D eigenvalue weighted by atomic mass is 10.1. The zero-order valence-corrected chi connectivity index (χ0v) is 15.6. The van der Waals surface area contributed by atoms with Crippen molar-refractivity contribution in [1.29, 1.82) is 0 Å². The lowest BCUT2D eigenvalue weighted by Gasteiger charge is -2.12. The summed E-state index contributed by atoms with van der Waals surface area (Å²) in [5.74, 6) is 0.879. The topological polar surface area (TPSA) is 90.9 Å². The van der Waals surface area contributed by atoms with Gasteiger partial charge in [0.25, 0.3) is 0 Å². The van der Waals surface area contributed by atoms with Gasteiger partial charge in [-0.2, -0.15) is 4.98 Å². The summed E-state index contributed by atoms with van der Waals surface area (Å²) in [7, 11) is 0. The first-order valence-electron chi connectivity index (χ1n) is 9.06. The molecule has 26 heavy (non-hydrogen) atoms. The molecular formula is C19H26N6O. The Morgan fingerprint density at radius 1 is 1.15 bits per heavy atom. The zero-order valence-electron chi connectivity index (χ0n) is 15.6. The Morgan fingerprint density at radius 3 is 2.62 bits per heavy atom. The van der Waals surface area contributed by atoms with Crippen molar-refractivity contribution in [2.24, 2.45) is 0 Å². The van der Waals surface area contributed by atoms with E-state index < -0.39 is 0 Å². The number of nitrogen functional groups attached to an aromatic ring is 1. The molecule has 0 spiro atoms. The number of fused-ring (bicyclic) bond motifs is 1. The number of imidazole rings is 1. The minimum atomic E-state index is 0.147. The molecule has 0 unspecified atom stereocenters. The Hall–Kier alpha value is -2.67. The quantitative estimate of drug-likeness (QED) is 0.473. The summed E-state index contributed by atoms with van der Waals surface area (Å²) in [5.41, 5.74) is 12.4. The molecule has 0 aliphatic rings. The fraction of sp³-hybridized carbons (Fsp3) is 0.421. The van der Waals surface area contributed by atoms with Crippen molar-refractivity contribution >= 4 is 23.1 Å². The number of rotatable bonds is 8. The zero-order chi connectivity index (χ0) is 18.5. The van der Waals surface area contributed by atoms with E-state index in [0.717, 1.165) is 35.3 Å². The number of nitrogens with one attached hydrogen (secondary N) is 1. The Bertz CT molecular complexity index is 859. The Labute approximate surface area is 153 Å². The van der Waals surface area contributed by atoms with Crippen LogP contribution in [0.5, 0.6) is 0 Å². The minimum absolute atomic E-state index is 0.147. The van der Waals surface area contributed by atoms with E-state index in [1.54, 1.807) is 0 Å². The van der Waals surface area contributed by atoms with Crippen LogP contribution in [0.2, 0.25) is 0 Å². The molecule has 2 heterocycles. The highest BCUT2D eigenvalue weighted by Gasteiger charge is 2.18. The maximum atomic E-state index is 6.14. The molecule has 0 fully saturated rings. The van der Waals surface area contributed by atoms with Crippen LogP contribution in [0.15, 0.2) is 30.3 Å². The van der Waals surface area contributed by atoms with Gasteiger partial charge >= 0.3 is 0 Å². The van der Waals surface area contributed by atoms with E-state index in [-0.39, 0.29) is 6.04 Å². The average Bonchev–Trinajstić information content (AvgIpc) is 2.96. The standard InChI is InChI=1S/C19H26N6O/c1-4-5-11-26-24-19-21-15(12-14-9-7-6-8-10-14)16-17(23-19)25(13(2)3)18(20)22-16/h6-10,13H,4-5,11-12H2,1-3H3,(H2,20,22)(H,21,23,24). The van der Waals surface area contributed by atoms with Crippen molar-refractivity contribution < 1.29 is 4.84 Å². The molecule has 7 heteroatoms. The first-order chi connectivity index (χ1) is 12.6. The Kier molecular flexibility index (Phi) is 5.68. The maximum Gasteiger partial charge on any atom is 0.249 e. The van der Waals surface area contributed by atoms with Crippen LogP contribution in [-0.4, -0.2) is 26.1 Å². The number of aromatic nitrogens is 4. The first kappa shape index (κ1) is 18.1. The summed E-state index contributed by atoms with van der Waals surface area (Å²) in [5, 5.41) is 0. The van der Waals surface area contributed by atoms with Gasteiger partial charge in [-0.15, -0.1) is 0 Å². The van der Waals surface area contributed by atoms with E-state index in [9.17, 15) is 0 Å². The predicted octanol–water partition coefficient (Wildman–Crippen LogP) is 3.72. The normalized spacial score (nSPS) is 11.4. The highest BCUT2D eigenvalue weighted by atomic mass is 16.6. The van der Waals surface area contributed by atoms with Gasteiger partial charge in [0.1, 0.15) is 5.52 Å². The van der Waals surface area contributed by atoms with Gasteiger partial charge in [-0.05, 0) is 25.8 Å². The van der Waals surface area contributed by atoms with Crippen LogP contribution < -0.4 is 11.2 Å². The SMILES string of the molecule is CCCCONc1nc(Cc2ccccc2)c2nc(N)n(C(C)C)c2n1. The number of hydrogen-bond acceptors (Lipinski definition) is 6. The van der Waals surface area contributed by atoms with Crippen molar-refractivity contribution in [3.63, 3.8) is 0 Å². The Morgan fingerprint density at radius 2 is 1.92 bits per heavy atom. The van der Waals surface area contributed by atoms with Crippen molar-refractivity contribution in [1.82, 2.24) is 19.5 Å². The molecule has 3 aromatic rings. The molecule has 0 saturated carbocycles. The molecule has 0 aliphatic heterocycles. The third kappa shape index (κ3) is 3.94. The molecule has 3 N–H and O–H groups in total. The molecule has 0 atom stereocenters. The molecule has 2 aromatic heterocycles. The number of anilines is 2. The van der Waals surface area contributed by atoms with Gasteiger partial charge in [-0.3, -0.25) is 9.40 Å². The van der Waals surface area contributed by atoms with Gasteiger partial charge in [0.05, 0.1) is 12.3 Å². The summed E-state index contributed by atoms with van der Waals surface area (Å²) < 4.78 is 1.92. The maximum absolute atomic E-state index is 6.14. The van der Waals surface area contributed by atoms with Gasteiger partial charge in [-0.1, -0.05) is 43.7 Å². The van der Waals surface area contributed by atoms with Gasteiger partial charge in [-0.25, -0.2) is 15.4 Å². The third-order valence-corrected chi connectivity index (χ3v) is 4.13. The van der Waals surface area contributed by atoms with E-state index in [0.29, 0.717) is 24.9 Å². The van der Waals surface area contributed by atoms with E-state index in [1.807, 2.05) is 22.8 Å². The highest BCUT2D eigenvalue weighted by molar-refractivity contribution is 5.78. The molecule has 0 bridgehead atoms. The molecule has 0 aliphatic carbocycles. The fourth-order valence-electron chi connectivity index (χ4n) is 2.85. The average molecular weight is 354 g/mol. The number of nitrogens with zero attached hydrogens (tertiary/aromatic N) is 4. The molecule has 1 aromatic carbocycles. The van der Waals surface area contributed by atoms with Crippen LogP contribution >= 0.6 is 0 Å². The van der Waals surface area contributed by atoms with Crippen molar-refractivity contribution in [3.05, 3.63) is 41.6 Å². The van der Waals surface area contributed by atoms with E-state index in [2.05, 4.69) is 53.3 Å². The number of hydrogen-bond donors (Lipinski definition) is 2. The fourth-order valence-corrected chi connectivity index (χ4v) is 2.85. The van der Waals surface area contributed by atoms with Crippen LogP contribution in [-0.2, 0) is 11.3 Å². The van der Waals surface area contributed by atoms with Crippen molar-refractivity contribution in [3.8, 4) is 0 Å². The van der Waals surface area contributed by atoms with E-state index in [1.165, 1.54) is 0 Å². The van der Waals surface area contributed by atoms with Crippen molar-refractivity contribution in [2.75, 3.05) is 17.8 Å². The molecule has 7 nitrogen and oxygen atoms in total. The largest absolute Gasteiger partial charge is 0.369 e. The van der Waals surface area contributed by atoms with E-state index in [4.69, 9.17) is 10.6 Å². The first-order valence-corrected chi connectivity index (χ1v) is 9.06. The smallest absolute Gasteiger partial charge is 0.249 e. The molecule has 0 amide bonds. The Balaban J connectivity index is 2.01. The monoisotopic (exact) mass is 354 g/mol. The highest BCUT2D eigenvalue weighted by Crippen LogP contribution is 2.25. The predicted molar refractivity (Wildman–Crippen MR) is 104 cm³/mol. The second-order valence-electron chi connectivity index (χ2n) is 6.57. The number of unbranched alkanes of at least 4 members (excludes halogenated alkanes) is 1. The molecule has 138 valence electrons. The molecular weight excluding hydrogens is 328 g/mol. The van der Waals surface area contributed by atoms with Crippen molar-refractivity contribution in [2.45, 2.75) is 46.1 Å². The molecule has 3 rings (SSSR count). The van der Waals surface area contributed by atoms with Crippen LogP contribution in [0, 0.1) is 0 Å². The summed E-state index contributed by atoms with van der Waals surface area (Å²) in [6, 6.07) is 10.3. The lowest BCUT2D eigenvalue weighted by Crippen LogP contribution is -2.10. The van der Waals surface area contributed by atoms with E-state index >= 15 is 0 Å². The summed E-state index contributed by atoms with van der Waals surface area (Å²) >= 11 is 0. The molecule has 0 radical (unpaired) electrons. The number of nitrogens with two attached hydrogens (primary N) is 1. The summed E-state index contributed by atoms with van der Waals surface area (Å²) in [6.45, 7) is 6.84. The number of benzene rings is 1. The van der Waals surface area contributed by atoms with Crippen LogP contribution in [0.3, 0.4) is 0 Å². The molecule has 0 saturated heterocycles. The minimum Gasteiger partial charge on any atom is -0.369 e. The van der Waals surface area contributed by atoms with Crippen LogP contribution in [0.4, 0.5) is 11.9 Å². The van der Waals surface area contributed by atoms with Gasteiger partial charge in [0.2, 0.25) is 11.9 Å². The second kappa shape index (κ2) is 8.14. The van der Waals surface area contributed by atoms with Crippen LogP contribution in [0.25, 0.3) is 11.2 Å². The van der Waals surface area contributed by atoms with Gasteiger partial charge in [0.15, 0.2) is 5.65 Å². The lowest BCUT2D eigenvalue weighted by molar-refractivity contribution is 0.187. The second-order valence-corrected chi connectivity index (χ2v) is 6.57. The third-order valence-electron chi connectivity index (χ3n) is 4.13. The van der Waals surface area contributed by atoms with Gasteiger partial charge < -0.3 is 5.73 Å². The van der Waals surface area contributed by atoms with Gasteiger partial charge in [0, 0.05) is 12.5 Å². The van der Waals surface area contributed by atoms with Crippen LogP contribution in [0.1, 0.15) is 50.9 Å². The summed E-state index contributed by atoms with van der Waals surface area (Å²) in [4.78, 5) is 19.2. The summed E-state index contributed by atoms with van der Waals surface area (Å²) in [6.07, 6.45) is 2.69.